The molecule has 94 valence electrons. The average Bonchev–Trinajstić information content (AvgIpc) is 2.61. The molecular formula is C11H17BClNO3. The summed E-state index contributed by atoms with van der Waals surface area (Å²) >= 11 is 0. The summed E-state index contributed by atoms with van der Waals surface area (Å²) in [6.07, 6.45) is -0.231. The second kappa shape index (κ2) is 5.73. The number of nitrogens with two attached hydrogens (primary N) is 1. The Bertz CT molecular complexity index is 403. The molecule has 1 unspecified atom stereocenters. The molecule has 6 heteroatoms. The molecule has 17 heavy (non-hydrogen) atoms. The van der Waals surface area contributed by atoms with E-state index in [1.54, 1.807) is 0 Å². The van der Waals surface area contributed by atoms with Crippen LogP contribution >= 0.6 is 12.4 Å². The number of rotatable bonds is 3. The molecule has 0 fully saturated rings. The first kappa shape index (κ1) is 14.3. The summed E-state index contributed by atoms with van der Waals surface area (Å²) in [4.78, 5) is 0. The van der Waals surface area contributed by atoms with Gasteiger partial charge in [0.2, 0.25) is 0 Å². The van der Waals surface area contributed by atoms with E-state index < -0.39 is 7.12 Å². The van der Waals surface area contributed by atoms with Gasteiger partial charge in [0.25, 0.3) is 0 Å². The molecule has 1 heterocycles. The second-order valence-electron chi connectivity index (χ2n) is 3.85. The van der Waals surface area contributed by atoms with Gasteiger partial charge in [-0.15, -0.1) is 12.4 Å². The third-order valence-corrected chi connectivity index (χ3v) is 2.84. The third kappa shape index (κ3) is 2.42. The molecule has 0 spiro atoms. The van der Waals surface area contributed by atoms with Crippen molar-refractivity contribution in [3.63, 3.8) is 0 Å². The van der Waals surface area contributed by atoms with E-state index in [9.17, 15) is 5.02 Å². The first-order valence-electron chi connectivity index (χ1n) is 5.48. The maximum Gasteiger partial charge on any atom is 0.495 e. The minimum absolute atomic E-state index is 0. The van der Waals surface area contributed by atoms with Crippen molar-refractivity contribution in [3.8, 4) is 5.75 Å². The van der Waals surface area contributed by atoms with E-state index >= 15 is 0 Å². The topological polar surface area (TPSA) is 64.7 Å². The highest BCUT2D eigenvalue weighted by Crippen LogP contribution is 2.29. The standard InChI is InChI=1S/C11H16BNO3.ClH/c1-3-15-8-5-4-7(2)10-9(6-13)16-12(14)11(8)10;/h4-5,9,14H,3,6,13H2,1-2H3;1H. The van der Waals surface area contributed by atoms with Crippen LogP contribution in [-0.2, 0) is 4.65 Å². The number of aryl methyl sites for hydroxylation is 1. The highest BCUT2D eigenvalue weighted by atomic mass is 35.5. The molecule has 0 radical (unpaired) electrons. The van der Waals surface area contributed by atoms with Crippen LogP contribution in [0.2, 0.25) is 0 Å². The number of ether oxygens (including phenoxy) is 1. The Hall–Kier alpha value is -0.745. The predicted octanol–water partition coefficient (Wildman–Crippen LogP) is 0.533. The van der Waals surface area contributed by atoms with Crippen LogP contribution in [0, 0.1) is 6.92 Å². The smallest absolute Gasteiger partial charge is 0.494 e. The van der Waals surface area contributed by atoms with Crippen LogP contribution in [0.4, 0.5) is 0 Å². The zero-order chi connectivity index (χ0) is 11.7. The molecule has 0 saturated heterocycles. The van der Waals surface area contributed by atoms with E-state index in [1.165, 1.54) is 0 Å². The van der Waals surface area contributed by atoms with E-state index in [0.29, 0.717) is 18.9 Å². The van der Waals surface area contributed by atoms with Crippen molar-refractivity contribution in [2.45, 2.75) is 20.0 Å². The summed E-state index contributed by atoms with van der Waals surface area (Å²) in [6, 6.07) is 3.83. The molecule has 3 N–H and O–H groups in total. The fourth-order valence-electron chi connectivity index (χ4n) is 2.15. The van der Waals surface area contributed by atoms with Crippen molar-refractivity contribution in [1.82, 2.24) is 0 Å². The van der Waals surface area contributed by atoms with Gasteiger partial charge in [0.1, 0.15) is 5.75 Å². The van der Waals surface area contributed by atoms with E-state index in [1.807, 2.05) is 26.0 Å². The third-order valence-electron chi connectivity index (χ3n) is 2.84. The lowest BCUT2D eigenvalue weighted by atomic mass is 9.77. The number of hydrogen-bond donors (Lipinski definition) is 2. The molecule has 1 aliphatic rings. The van der Waals surface area contributed by atoms with Gasteiger partial charge in [-0.2, -0.15) is 0 Å². The molecule has 4 nitrogen and oxygen atoms in total. The fourth-order valence-corrected chi connectivity index (χ4v) is 2.15. The Morgan fingerprint density at radius 2 is 2.24 bits per heavy atom. The van der Waals surface area contributed by atoms with Crippen molar-refractivity contribution in [2.75, 3.05) is 13.2 Å². The number of hydrogen-bond acceptors (Lipinski definition) is 4. The van der Waals surface area contributed by atoms with Gasteiger partial charge in [-0.25, -0.2) is 0 Å². The molecule has 1 atom stereocenters. The number of fused-ring (bicyclic) bond motifs is 1. The summed E-state index contributed by atoms with van der Waals surface area (Å²) in [5.74, 6) is 0.687. The van der Waals surface area contributed by atoms with E-state index in [0.717, 1.165) is 16.6 Å². The van der Waals surface area contributed by atoms with Gasteiger partial charge >= 0.3 is 7.12 Å². The Labute approximate surface area is 108 Å². The van der Waals surface area contributed by atoms with Crippen molar-refractivity contribution in [2.24, 2.45) is 5.73 Å². The Balaban J connectivity index is 0.00000144. The summed E-state index contributed by atoms with van der Waals surface area (Å²) in [6.45, 7) is 4.82. The monoisotopic (exact) mass is 257 g/mol. The lowest BCUT2D eigenvalue weighted by Gasteiger charge is -2.13. The van der Waals surface area contributed by atoms with Crippen LogP contribution in [-0.4, -0.2) is 25.3 Å². The van der Waals surface area contributed by atoms with Crippen LogP contribution in [0.3, 0.4) is 0 Å². The minimum Gasteiger partial charge on any atom is -0.494 e. The largest absolute Gasteiger partial charge is 0.495 e. The molecule has 0 bridgehead atoms. The lowest BCUT2D eigenvalue weighted by Crippen LogP contribution is -2.30. The quantitative estimate of drug-likeness (QED) is 0.776. The van der Waals surface area contributed by atoms with Gasteiger partial charge < -0.3 is 20.1 Å². The highest BCUT2D eigenvalue weighted by molar-refractivity contribution is 6.63. The van der Waals surface area contributed by atoms with Gasteiger partial charge in [0.05, 0.1) is 12.7 Å². The van der Waals surface area contributed by atoms with Crippen molar-refractivity contribution >= 4 is 25.0 Å². The Morgan fingerprint density at radius 1 is 1.53 bits per heavy atom. The zero-order valence-electron chi connectivity index (χ0n) is 9.97. The summed E-state index contributed by atoms with van der Waals surface area (Å²) in [5, 5.41) is 9.86. The van der Waals surface area contributed by atoms with Crippen LogP contribution < -0.4 is 15.9 Å². The first-order valence-corrected chi connectivity index (χ1v) is 5.48. The lowest BCUT2D eigenvalue weighted by molar-refractivity contribution is 0.197. The van der Waals surface area contributed by atoms with Gasteiger partial charge in [-0.1, -0.05) is 6.07 Å². The molecule has 2 rings (SSSR count). The SMILES string of the molecule is CCOc1ccc(C)c2c1B(O)OC2CN.Cl. The second-order valence-corrected chi connectivity index (χ2v) is 3.85. The Kier molecular flexibility index (Phi) is 4.83. The normalized spacial score (nSPS) is 17.6. The number of halogens is 1. The molecule has 0 aliphatic carbocycles. The van der Waals surface area contributed by atoms with Crippen LogP contribution in [0.5, 0.6) is 5.75 Å². The van der Waals surface area contributed by atoms with Gasteiger partial charge in [-0.05, 0) is 31.0 Å². The molecule has 1 aromatic rings. The van der Waals surface area contributed by atoms with Crippen molar-refractivity contribution < 1.29 is 14.4 Å². The Morgan fingerprint density at radius 3 is 2.82 bits per heavy atom. The molecule has 1 aromatic carbocycles. The van der Waals surface area contributed by atoms with Crippen molar-refractivity contribution in [1.29, 1.82) is 0 Å². The molecule has 0 amide bonds. The minimum atomic E-state index is -0.926. The summed E-state index contributed by atoms with van der Waals surface area (Å²) < 4.78 is 10.9. The van der Waals surface area contributed by atoms with Gasteiger partial charge in [-0.3, -0.25) is 0 Å². The van der Waals surface area contributed by atoms with Crippen molar-refractivity contribution in [3.05, 3.63) is 23.3 Å². The van der Waals surface area contributed by atoms with E-state index in [-0.39, 0.29) is 18.5 Å². The highest BCUT2D eigenvalue weighted by Gasteiger charge is 2.38. The van der Waals surface area contributed by atoms with Crippen LogP contribution in [0.15, 0.2) is 12.1 Å². The molecule has 0 aromatic heterocycles. The first-order chi connectivity index (χ1) is 7.69. The fraction of sp³-hybridized carbons (Fsp3) is 0.455. The van der Waals surface area contributed by atoms with Crippen LogP contribution in [0.25, 0.3) is 0 Å². The molecule has 0 saturated carbocycles. The predicted molar refractivity (Wildman–Crippen MR) is 70.1 cm³/mol. The maximum absolute atomic E-state index is 9.86. The zero-order valence-corrected chi connectivity index (χ0v) is 10.8. The maximum atomic E-state index is 9.86. The van der Waals surface area contributed by atoms with Crippen LogP contribution in [0.1, 0.15) is 24.2 Å². The van der Waals surface area contributed by atoms with E-state index in [2.05, 4.69) is 0 Å². The number of benzene rings is 1. The molecular weight excluding hydrogens is 240 g/mol. The molecule has 1 aliphatic heterocycles. The summed E-state index contributed by atoms with van der Waals surface area (Å²) in [7, 11) is -0.926. The van der Waals surface area contributed by atoms with E-state index in [4.69, 9.17) is 15.1 Å². The van der Waals surface area contributed by atoms with Gasteiger partial charge in [0.15, 0.2) is 0 Å². The average molecular weight is 258 g/mol. The summed E-state index contributed by atoms with van der Waals surface area (Å²) in [5.41, 5.74) is 8.41. The van der Waals surface area contributed by atoms with Gasteiger partial charge in [0, 0.05) is 12.0 Å².